The van der Waals surface area contributed by atoms with Crippen molar-refractivity contribution in [3.8, 4) is 5.75 Å². The number of aliphatic hydroxyl groups is 1. The van der Waals surface area contributed by atoms with Gasteiger partial charge >= 0.3 is 0 Å². The van der Waals surface area contributed by atoms with E-state index in [1.54, 1.807) is 13.3 Å². The van der Waals surface area contributed by atoms with Gasteiger partial charge in [-0.05, 0) is 109 Å². The van der Waals surface area contributed by atoms with Crippen LogP contribution in [0.25, 0.3) is 0 Å². The largest absolute Gasteiger partial charge is 0.515 e. The summed E-state index contributed by atoms with van der Waals surface area (Å²) >= 11 is 3.79. The summed E-state index contributed by atoms with van der Waals surface area (Å²) < 4.78 is 6.67. The number of thiazole rings is 1. The molecule has 0 radical (unpaired) electrons. The van der Waals surface area contributed by atoms with Gasteiger partial charge in [0.25, 0.3) is 0 Å². The molecule has 5 atom stereocenters. The number of amides is 1. The highest BCUT2D eigenvalue weighted by Gasteiger charge is 2.60. The molecule has 8 heteroatoms. The van der Waals surface area contributed by atoms with E-state index in [1.165, 1.54) is 22.5 Å². The number of aromatic nitrogens is 1. The third-order valence-corrected chi connectivity index (χ3v) is 10.2. The fraction of sp³-hybridized carbons (Fsp3) is 0.519. The molecule has 0 spiro atoms. The van der Waals surface area contributed by atoms with E-state index in [0.717, 1.165) is 46.1 Å². The third-order valence-electron chi connectivity index (χ3n) is 8.55. The van der Waals surface area contributed by atoms with Crippen molar-refractivity contribution in [3.63, 3.8) is 0 Å². The Hall–Kier alpha value is -1.94. The fourth-order valence-corrected chi connectivity index (χ4v) is 8.44. The second-order valence-electron chi connectivity index (χ2n) is 10.4. The molecular weight excluding hydrogens is 575 g/mol. The molecular formula is C27H31IN2O4S. The number of nitrogens with one attached hydrogen (secondary N) is 1. The van der Waals surface area contributed by atoms with Gasteiger partial charge in [0, 0.05) is 28.5 Å². The minimum absolute atomic E-state index is 0.0690. The molecule has 3 aliphatic rings. The highest BCUT2D eigenvalue weighted by molar-refractivity contribution is 14.1. The van der Waals surface area contributed by atoms with E-state index < -0.39 is 5.41 Å². The number of aryl methyl sites for hydroxylation is 2. The number of ether oxygens (including phenoxy) is 1. The Labute approximate surface area is 223 Å². The first kappa shape index (κ1) is 24.7. The fourth-order valence-electron chi connectivity index (χ4n) is 7.05. The van der Waals surface area contributed by atoms with Crippen LogP contribution in [0, 0.1) is 33.7 Å². The van der Waals surface area contributed by atoms with Crippen LogP contribution in [0.3, 0.4) is 0 Å². The summed E-state index contributed by atoms with van der Waals surface area (Å²) in [6.07, 6.45) is 7.35. The van der Waals surface area contributed by atoms with Crippen LogP contribution in [-0.4, -0.2) is 28.9 Å². The van der Waals surface area contributed by atoms with Crippen molar-refractivity contribution in [2.75, 3.05) is 12.4 Å². The van der Waals surface area contributed by atoms with E-state index in [4.69, 9.17) is 4.74 Å². The number of nitrogens with zero attached hydrogens (tertiary/aromatic N) is 1. The van der Waals surface area contributed by atoms with Gasteiger partial charge in [-0.2, -0.15) is 0 Å². The van der Waals surface area contributed by atoms with E-state index >= 15 is 0 Å². The van der Waals surface area contributed by atoms with Crippen molar-refractivity contribution >= 4 is 50.7 Å². The zero-order valence-electron chi connectivity index (χ0n) is 20.3. The minimum Gasteiger partial charge on any atom is -0.515 e. The second-order valence-corrected chi connectivity index (χ2v) is 12.8. The average Bonchev–Trinajstić information content (AvgIpc) is 3.34. The lowest BCUT2D eigenvalue weighted by atomic mass is 9.54. The molecule has 3 aliphatic carbocycles. The van der Waals surface area contributed by atoms with E-state index in [-0.39, 0.29) is 23.5 Å². The maximum atomic E-state index is 13.5. The van der Waals surface area contributed by atoms with Crippen LogP contribution in [0.2, 0.25) is 0 Å². The van der Waals surface area contributed by atoms with Gasteiger partial charge < -0.3 is 15.2 Å². The number of benzene rings is 1. The van der Waals surface area contributed by atoms with Gasteiger partial charge in [0.05, 0.1) is 16.9 Å². The van der Waals surface area contributed by atoms with Gasteiger partial charge in [0.15, 0.2) is 10.9 Å². The number of ketones is 1. The van der Waals surface area contributed by atoms with E-state index in [0.29, 0.717) is 35.4 Å². The lowest BCUT2D eigenvalue weighted by Gasteiger charge is -2.49. The first-order valence-corrected chi connectivity index (χ1v) is 14.1. The second kappa shape index (κ2) is 9.50. The molecule has 0 saturated heterocycles. The molecule has 2 fully saturated rings. The van der Waals surface area contributed by atoms with Crippen LogP contribution in [0.5, 0.6) is 5.75 Å². The molecule has 0 aliphatic heterocycles. The van der Waals surface area contributed by atoms with Gasteiger partial charge in [0.1, 0.15) is 5.75 Å². The van der Waals surface area contributed by atoms with E-state index in [9.17, 15) is 14.7 Å². The lowest BCUT2D eigenvalue weighted by Crippen LogP contribution is -2.44. The monoisotopic (exact) mass is 606 g/mol. The number of halogens is 1. The van der Waals surface area contributed by atoms with Crippen molar-refractivity contribution in [2.24, 2.45) is 23.2 Å². The van der Waals surface area contributed by atoms with Gasteiger partial charge in [-0.1, -0.05) is 6.92 Å². The highest BCUT2D eigenvalue weighted by atomic mass is 127. The number of Topliss-reactive ketones (excluding diaryl/α,β-unsaturated/α-hetero) is 1. The van der Waals surface area contributed by atoms with Crippen molar-refractivity contribution in [1.29, 1.82) is 0 Å². The summed E-state index contributed by atoms with van der Waals surface area (Å²) in [4.78, 5) is 31.5. The van der Waals surface area contributed by atoms with Crippen LogP contribution in [-0.2, 0) is 16.0 Å². The number of hydrogen-bond donors (Lipinski definition) is 2. The quantitative estimate of drug-likeness (QED) is 0.241. The zero-order chi connectivity index (χ0) is 24.9. The number of fused-ring (bicyclic) bond motifs is 5. The summed E-state index contributed by atoms with van der Waals surface area (Å²) in [5.41, 5.74) is 2.76. The normalized spacial score (nSPS) is 30.5. The van der Waals surface area contributed by atoms with E-state index in [2.05, 4.69) is 51.9 Å². The number of aliphatic hydroxyl groups excluding tert-OH is 1. The molecule has 2 saturated carbocycles. The third kappa shape index (κ3) is 4.20. The number of allylic oxidation sites excluding steroid dienone is 1. The molecule has 1 heterocycles. The van der Waals surface area contributed by atoms with Crippen molar-refractivity contribution < 1.29 is 19.4 Å². The van der Waals surface area contributed by atoms with Gasteiger partial charge in [-0.3, -0.25) is 9.59 Å². The molecule has 6 nitrogen and oxygen atoms in total. The minimum atomic E-state index is -0.486. The molecule has 186 valence electrons. The molecule has 5 rings (SSSR count). The standard InChI is InChI=1S/C27H31IN2O4S/c1-14-12-29-26(35-14)30-23(32)7-6-18-20(13-31)25(33)27(2)9-8-16-17(24(18)27)5-4-15-10-22(34-3)21(28)11-19(15)16/h10-13,16-18,24,31H,4-9H2,1-3H3,(H,29,30,32)/t16?,17?,18-,24?,27+/m1/s1. The molecule has 0 bridgehead atoms. The summed E-state index contributed by atoms with van der Waals surface area (Å²) in [6, 6.07) is 4.45. The Kier molecular flexibility index (Phi) is 6.72. The SMILES string of the molecule is COc1cc2c(cc1I)C1CC[C@]3(C)C(=O)C(=CO)[C@@H](CCC(=O)Nc4ncc(C)s4)C3C1CC2. The summed E-state index contributed by atoms with van der Waals surface area (Å²) in [7, 11) is 1.71. The smallest absolute Gasteiger partial charge is 0.226 e. The van der Waals surface area contributed by atoms with Gasteiger partial charge in [0.2, 0.25) is 5.91 Å². The van der Waals surface area contributed by atoms with Crippen molar-refractivity contribution in [3.05, 3.63) is 49.7 Å². The maximum Gasteiger partial charge on any atom is 0.226 e. The lowest BCUT2D eigenvalue weighted by molar-refractivity contribution is -0.127. The Morgan fingerprint density at radius 3 is 2.89 bits per heavy atom. The number of carbonyl (C=O) groups excluding carboxylic acids is 2. The molecule has 1 aromatic heterocycles. The van der Waals surface area contributed by atoms with Crippen LogP contribution in [0.4, 0.5) is 5.13 Å². The van der Waals surface area contributed by atoms with Gasteiger partial charge in [-0.15, -0.1) is 11.3 Å². The van der Waals surface area contributed by atoms with Crippen LogP contribution in [0.15, 0.2) is 30.2 Å². The Bertz CT molecular complexity index is 1210. The Morgan fingerprint density at radius 1 is 1.40 bits per heavy atom. The zero-order valence-corrected chi connectivity index (χ0v) is 23.2. The summed E-state index contributed by atoms with van der Waals surface area (Å²) in [5, 5.41) is 13.6. The van der Waals surface area contributed by atoms with Crippen molar-refractivity contribution in [1.82, 2.24) is 4.98 Å². The number of carbonyl (C=O) groups is 2. The molecule has 1 amide bonds. The number of anilines is 1. The first-order chi connectivity index (χ1) is 16.8. The number of methoxy groups -OCH3 is 1. The first-order valence-electron chi connectivity index (χ1n) is 12.2. The summed E-state index contributed by atoms with van der Waals surface area (Å²) in [5.74, 6) is 1.63. The van der Waals surface area contributed by atoms with E-state index in [1.807, 2.05) is 6.92 Å². The Morgan fingerprint density at radius 2 is 2.20 bits per heavy atom. The molecule has 1 aromatic carbocycles. The Balaban J connectivity index is 1.42. The van der Waals surface area contributed by atoms with Gasteiger partial charge in [-0.25, -0.2) is 4.98 Å². The van der Waals surface area contributed by atoms with Crippen LogP contribution < -0.4 is 10.1 Å². The molecule has 2 aromatic rings. The van der Waals surface area contributed by atoms with Crippen LogP contribution in [0.1, 0.15) is 60.9 Å². The molecule has 2 N–H and O–H groups in total. The summed E-state index contributed by atoms with van der Waals surface area (Å²) in [6.45, 7) is 4.04. The molecule has 35 heavy (non-hydrogen) atoms. The highest BCUT2D eigenvalue weighted by Crippen LogP contribution is 2.63. The van der Waals surface area contributed by atoms with Crippen LogP contribution >= 0.6 is 33.9 Å². The average molecular weight is 607 g/mol. The maximum absolute atomic E-state index is 13.5. The topological polar surface area (TPSA) is 88.5 Å². The number of hydrogen-bond acceptors (Lipinski definition) is 6. The predicted molar refractivity (Wildman–Crippen MR) is 145 cm³/mol. The number of rotatable bonds is 5. The molecule has 3 unspecified atom stereocenters. The predicted octanol–water partition coefficient (Wildman–Crippen LogP) is 6.19. The van der Waals surface area contributed by atoms with Crippen molar-refractivity contribution in [2.45, 2.75) is 58.3 Å².